The zero-order valence-corrected chi connectivity index (χ0v) is 14.1. The Hall–Kier alpha value is -1.13. The molecule has 0 aliphatic carbocycles. The average molecular weight is 296 g/mol. The highest BCUT2D eigenvalue weighted by Gasteiger charge is 2.26. The molecule has 0 radical (unpaired) electrons. The summed E-state index contributed by atoms with van der Waals surface area (Å²) in [6, 6.07) is 3.54. The van der Waals surface area contributed by atoms with Gasteiger partial charge in [-0.25, -0.2) is 4.39 Å². The topological polar surface area (TPSA) is 35.5 Å². The number of aryl methyl sites for hydroxylation is 1. The molecular formula is C17H29FN2O. The van der Waals surface area contributed by atoms with Gasteiger partial charge < -0.3 is 15.3 Å². The summed E-state index contributed by atoms with van der Waals surface area (Å²) < 4.78 is 14.0. The molecule has 0 bridgehead atoms. The van der Waals surface area contributed by atoms with Gasteiger partial charge in [-0.3, -0.25) is 0 Å². The molecule has 0 amide bonds. The third-order valence-electron chi connectivity index (χ3n) is 4.13. The Morgan fingerprint density at radius 1 is 1.38 bits per heavy atom. The maximum Gasteiger partial charge on any atom is 0.126 e. The van der Waals surface area contributed by atoms with Gasteiger partial charge in [0.2, 0.25) is 0 Å². The van der Waals surface area contributed by atoms with Gasteiger partial charge in [-0.2, -0.15) is 0 Å². The van der Waals surface area contributed by atoms with E-state index in [1.54, 1.807) is 13.0 Å². The van der Waals surface area contributed by atoms with Crippen molar-refractivity contribution in [3.8, 4) is 0 Å². The minimum atomic E-state index is -0.399. The van der Waals surface area contributed by atoms with Crippen LogP contribution >= 0.6 is 0 Å². The molecule has 3 nitrogen and oxygen atoms in total. The van der Waals surface area contributed by atoms with Crippen LogP contribution in [0.15, 0.2) is 12.1 Å². The van der Waals surface area contributed by atoms with Crippen molar-refractivity contribution in [3.63, 3.8) is 0 Å². The highest BCUT2D eigenvalue weighted by molar-refractivity contribution is 5.58. The SMILES string of the molecule is CCCNC(C)c1cc(F)c(C)cc1N(C)C(C)(C)CO. The van der Waals surface area contributed by atoms with Crippen LogP contribution in [0.4, 0.5) is 10.1 Å². The highest BCUT2D eigenvalue weighted by Crippen LogP contribution is 2.32. The Balaban J connectivity index is 3.26. The largest absolute Gasteiger partial charge is 0.394 e. The summed E-state index contributed by atoms with van der Waals surface area (Å²) in [5.41, 5.74) is 2.11. The molecule has 2 N–H and O–H groups in total. The Morgan fingerprint density at radius 3 is 2.52 bits per heavy atom. The Morgan fingerprint density at radius 2 is 2.00 bits per heavy atom. The molecule has 4 heteroatoms. The van der Waals surface area contributed by atoms with Crippen molar-refractivity contribution in [3.05, 3.63) is 29.1 Å². The second-order valence-corrected chi connectivity index (χ2v) is 6.37. The van der Waals surface area contributed by atoms with Crippen LogP contribution in [0.5, 0.6) is 0 Å². The van der Waals surface area contributed by atoms with Crippen molar-refractivity contribution in [1.29, 1.82) is 0 Å². The molecule has 0 spiro atoms. The number of hydrogen-bond donors (Lipinski definition) is 2. The van der Waals surface area contributed by atoms with Crippen LogP contribution in [-0.4, -0.2) is 30.8 Å². The highest BCUT2D eigenvalue weighted by atomic mass is 19.1. The number of rotatable bonds is 7. The molecule has 1 unspecified atom stereocenters. The Labute approximate surface area is 128 Å². The standard InChI is InChI=1S/C17H29FN2O/c1-7-8-19-13(3)14-10-15(18)12(2)9-16(14)20(6)17(4,5)11-21/h9-10,13,19,21H,7-8,11H2,1-6H3. The number of halogens is 1. The van der Waals surface area contributed by atoms with Crippen LogP contribution in [0.25, 0.3) is 0 Å². The average Bonchev–Trinajstić information content (AvgIpc) is 2.46. The molecule has 0 aliphatic heterocycles. The van der Waals surface area contributed by atoms with Crippen molar-refractivity contribution in [1.82, 2.24) is 5.32 Å². The number of likely N-dealkylation sites (N-methyl/N-ethyl adjacent to an activating group) is 1. The summed E-state index contributed by atoms with van der Waals surface area (Å²) in [4.78, 5) is 2.03. The van der Waals surface area contributed by atoms with Gasteiger partial charge in [0.25, 0.3) is 0 Å². The minimum Gasteiger partial charge on any atom is -0.394 e. The predicted octanol–water partition coefficient (Wildman–Crippen LogP) is 3.40. The molecule has 1 rings (SSSR count). The number of hydrogen-bond acceptors (Lipinski definition) is 3. The van der Waals surface area contributed by atoms with E-state index in [-0.39, 0.29) is 18.5 Å². The van der Waals surface area contributed by atoms with Crippen molar-refractivity contribution < 1.29 is 9.50 Å². The first kappa shape index (κ1) is 17.9. The fourth-order valence-corrected chi connectivity index (χ4v) is 2.22. The van der Waals surface area contributed by atoms with E-state index in [4.69, 9.17) is 0 Å². The van der Waals surface area contributed by atoms with Gasteiger partial charge in [-0.1, -0.05) is 6.92 Å². The zero-order valence-electron chi connectivity index (χ0n) is 14.1. The van der Waals surface area contributed by atoms with E-state index in [9.17, 15) is 9.50 Å². The smallest absolute Gasteiger partial charge is 0.126 e. The van der Waals surface area contributed by atoms with Crippen LogP contribution < -0.4 is 10.2 Å². The number of aliphatic hydroxyl groups is 1. The van der Waals surface area contributed by atoms with Gasteiger partial charge in [0, 0.05) is 18.8 Å². The van der Waals surface area contributed by atoms with Crippen LogP contribution in [0.2, 0.25) is 0 Å². The van der Waals surface area contributed by atoms with Crippen LogP contribution in [0, 0.1) is 12.7 Å². The first-order chi connectivity index (χ1) is 9.74. The fraction of sp³-hybridized carbons (Fsp3) is 0.647. The lowest BCUT2D eigenvalue weighted by atomic mass is 9.97. The molecule has 1 aromatic rings. The van der Waals surface area contributed by atoms with Gasteiger partial charge in [0.15, 0.2) is 0 Å². The van der Waals surface area contributed by atoms with E-state index in [1.807, 2.05) is 38.8 Å². The molecule has 0 aromatic heterocycles. The van der Waals surface area contributed by atoms with Gasteiger partial charge in [-0.15, -0.1) is 0 Å². The fourth-order valence-electron chi connectivity index (χ4n) is 2.22. The van der Waals surface area contributed by atoms with E-state index >= 15 is 0 Å². The number of nitrogens with zero attached hydrogens (tertiary/aromatic N) is 1. The first-order valence-corrected chi connectivity index (χ1v) is 7.62. The first-order valence-electron chi connectivity index (χ1n) is 7.62. The molecule has 0 heterocycles. The summed E-state index contributed by atoms with van der Waals surface area (Å²) in [5, 5.41) is 13.0. The van der Waals surface area contributed by atoms with E-state index in [0.29, 0.717) is 5.56 Å². The monoisotopic (exact) mass is 296 g/mol. The van der Waals surface area contributed by atoms with E-state index in [1.165, 1.54) is 0 Å². The number of anilines is 1. The van der Waals surface area contributed by atoms with Gasteiger partial charge in [0.05, 0.1) is 12.1 Å². The van der Waals surface area contributed by atoms with Crippen molar-refractivity contribution in [2.45, 2.75) is 52.6 Å². The minimum absolute atomic E-state index is 0.0378. The summed E-state index contributed by atoms with van der Waals surface area (Å²) in [6.45, 7) is 10.8. The van der Waals surface area contributed by atoms with Gasteiger partial charge in [-0.05, 0) is 63.9 Å². The molecule has 0 fully saturated rings. The molecule has 0 saturated carbocycles. The number of benzene rings is 1. The number of aliphatic hydroxyl groups excluding tert-OH is 1. The van der Waals surface area contributed by atoms with Crippen LogP contribution in [0.1, 0.15) is 51.3 Å². The number of nitrogens with one attached hydrogen (secondary N) is 1. The van der Waals surface area contributed by atoms with E-state index in [2.05, 4.69) is 12.2 Å². The van der Waals surface area contributed by atoms with Crippen molar-refractivity contribution in [2.24, 2.45) is 0 Å². The third-order valence-corrected chi connectivity index (χ3v) is 4.13. The quantitative estimate of drug-likeness (QED) is 0.809. The molecule has 120 valence electrons. The van der Waals surface area contributed by atoms with E-state index < -0.39 is 5.54 Å². The third kappa shape index (κ3) is 4.17. The maximum atomic E-state index is 14.0. The van der Waals surface area contributed by atoms with Gasteiger partial charge in [0.1, 0.15) is 5.82 Å². The predicted molar refractivity (Wildman–Crippen MR) is 87.4 cm³/mol. The second kappa shape index (κ2) is 7.23. The Kier molecular flexibility index (Phi) is 6.17. The summed E-state index contributed by atoms with van der Waals surface area (Å²) >= 11 is 0. The van der Waals surface area contributed by atoms with Crippen LogP contribution in [-0.2, 0) is 0 Å². The lowest BCUT2D eigenvalue weighted by molar-refractivity contribution is 0.216. The summed E-state index contributed by atoms with van der Waals surface area (Å²) in [6.07, 6.45) is 1.03. The molecule has 1 atom stereocenters. The molecule has 0 saturated heterocycles. The molecule has 0 aliphatic rings. The summed E-state index contributed by atoms with van der Waals surface area (Å²) in [7, 11) is 1.94. The zero-order chi connectivity index (χ0) is 16.2. The lowest BCUT2D eigenvalue weighted by Gasteiger charge is -2.38. The molecule has 21 heavy (non-hydrogen) atoms. The molecule has 1 aromatic carbocycles. The second-order valence-electron chi connectivity index (χ2n) is 6.37. The van der Waals surface area contributed by atoms with E-state index in [0.717, 1.165) is 24.2 Å². The van der Waals surface area contributed by atoms with Crippen LogP contribution in [0.3, 0.4) is 0 Å². The molecular weight excluding hydrogens is 267 g/mol. The normalized spacial score (nSPS) is 13.3. The Bertz CT molecular complexity index is 474. The lowest BCUT2D eigenvalue weighted by Crippen LogP contribution is -2.45. The van der Waals surface area contributed by atoms with Gasteiger partial charge >= 0.3 is 0 Å². The summed E-state index contributed by atoms with van der Waals surface area (Å²) in [5.74, 6) is -0.186. The van der Waals surface area contributed by atoms with Crippen molar-refractivity contribution in [2.75, 3.05) is 25.1 Å². The van der Waals surface area contributed by atoms with Crippen molar-refractivity contribution >= 4 is 5.69 Å². The maximum absolute atomic E-state index is 14.0.